The number of methoxy groups -OCH3 is 1. The summed E-state index contributed by atoms with van der Waals surface area (Å²) in [5.41, 5.74) is 3.69. The molecule has 7 heteroatoms. The summed E-state index contributed by atoms with van der Waals surface area (Å²) >= 11 is 0. The maximum Gasteiger partial charge on any atom is 0.257 e. The second-order valence-electron chi connectivity index (χ2n) is 9.35. The fourth-order valence-corrected chi connectivity index (χ4v) is 4.38. The fourth-order valence-electron chi connectivity index (χ4n) is 4.38. The van der Waals surface area contributed by atoms with E-state index >= 15 is 0 Å². The van der Waals surface area contributed by atoms with Crippen LogP contribution in [0, 0.1) is 0 Å². The Kier molecular flexibility index (Phi) is 7.30. The van der Waals surface area contributed by atoms with Crippen LogP contribution in [0.4, 0.5) is 11.4 Å². The molecule has 1 saturated heterocycles. The Morgan fingerprint density at radius 3 is 2.33 bits per heavy atom. The molecule has 2 aliphatic rings. The zero-order valence-electron chi connectivity index (χ0n) is 20.4. The van der Waals surface area contributed by atoms with Gasteiger partial charge in [-0.25, -0.2) is 0 Å². The predicted octanol–water partition coefficient (Wildman–Crippen LogP) is 4.81. The number of nitrogens with one attached hydrogen (secondary N) is 2. The summed E-state index contributed by atoms with van der Waals surface area (Å²) in [6.07, 6.45) is 3.33. The minimum absolute atomic E-state index is 0.155. The van der Waals surface area contributed by atoms with Crippen molar-refractivity contribution in [3.05, 3.63) is 78.4 Å². The lowest BCUT2D eigenvalue weighted by atomic mass is 10.1. The summed E-state index contributed by atoms with van der Waals surface area (Å²) in [6.45, 7) is 1.78. The Labute approximate surface area is 211 Å². The molecule has 0 spiro atoms. The minimum atomic E-state index is -0.295. The number of anilines is 2. The SMILES string of the molecule is COC1CCN(CC(=O)Nc2cc(OC3CC3)ccc2C(=O)Nc2ccc(-c3ccccc3)cc2)C1. The van der Waals surface area contributed by atoms with E-state index in [1.54, 1.807) is 25.3 Å². The number of nitrogens with zero attached hydrogens (tertiary/aromatic N) is 1. The van der Waals surface area contributed by atoms with Gasteiger partial charge in [-0.15, -0.1) is 0 Å². The van der Waals surface area contributed by atoms with Crippen LogP contribution in [0.1, 0.15) is 29.6 Å². The van der Waals surface area contributed by atoms with Gasteiger partial charge in [-0.1, -0.05) is 42.5 Å². The number of benzene rings is 3. The van der Waals surface area contributed by atoms with E-state index in [0.717, 1.165) is 43.5 Å². The maximum atomic E-state index is 13.2. The highest BCUT2D eigenvalue weighted by atomic mass is 16.5. The number of rotatable bonds is 9. The molecule has 3 aromatic carbocycles. The third-order valence-corrected chi connectivity index (χ3v) is 6.52. The Morgan fingerprint density at radius 1 is 0.889 bits per heavy atom. The molecule has 0 aromatic heterocycles. The molecule has 1 heterocycles. The van der Waals surface area contributed by atoms with E-state index < -0.39 is 0 Å². The molecule has 7 nitrogen and oxygen atoms in total. The van der Waals surface area contributed by atoms with Crippen LogP contribution in [0.3, 0.4) is 0 Å². The quantitative estimate of drug-likeness (QED) is 0.455. The summed E-state index contributed by atoms with van der Waals surface area (Å²) in [5.74, 6) is 0.185. The number of carbonyl (C=O) groups excluding carboxylic acids is 2. The topological polar surface area (TPSA) is 79.9 Å². The van der Waals surface area contributed by atoms with Gasteiger partial charge in [-0.3, -0.25) is 14.5 Å². The van der Waals surface area contributed by atoms with Crippen LogP contribution < -0.4 is 15.4 Å². The molecule has 5 rings (SSSR count). The first-order valence-electron chi connectivity index (χ1n) is 12.4. The Hall–Kier alpha value is -3.68. The third kappa shape index (κ3) is 6.11. The van der Waals surface area contributed by atoms with E-state index in [0.29, 0.717) is 22.7 Å². The zero-order chi connectivity index (χ0) is 24.9. The van der Waals surface area contributed by atoms with Crippen LogP contribution in [0.2, 0.25) is 0 Å². The van der Waals surface area contributed by atoms with Gasteiger partial charge in [0, 0.05) is 32.0 Å². The number of hydrogen-bond donors (Lipinski definition) is 2. The average Bonchev–Trinajstić information content (AvgIpc) is 3.59. The Balaban J connectivity index is 1.29. The molecule has 2 N–H and O–H groups in total. The van der Waals surface area contributed by atoms with Crippen LogP contribution in [-0.4, -0.2) is 55.7 Å². The lowest BCUT2D eigenvalue weighted by Gasteiger charge is -2.17. The lowest BCUT2D eigenvalue weighted by Crippen LogP contribution is -2.33. The summed E-state index contributed by atoms with van der Waals surface area (Å²) < 4.78 is 11.3. The molecule has 1 aliphatic carbocycles. The van der Waals surface area contributed by atoms with Gasteiger partial charge in [-0.05, 0) is 54.7 Å². The first-order valence-corrected chi connectivity index (χ1v) is 12.4. The molecule has 186 valence electrons. The normalized spacial score (nSPS) is 17.5. The molecule has 2 amide bonds. The van der Waals surface area contributed by atoms with Crippen molar-refractivity contribution >= 4 is 23.2 Å². The first-order chi connectivity index (χ1) is 17.6. The molecule has 0 bridgehead atoms. The standard InChI is InChI=1S/C29H31N3O4/c1-35-25-15-16-32(18-25)19-28(33)31-27-17-24(36-23-11-12-23)13-14-26(27)29(34)30-22-9-7-21(8-10-22)20-5-3-2-4-6-20/h2-10,13-14,17,23,25H,11-12,15-16,18-19H2,1H3,(H,30,34)(H,31,33). The smallest absolute Gasteiger partial charge is 0.257 e. The summed E-state index contributed by atoms with van der Waals surface area (Å²) in [6, 6.07) is 23.0. The molecule has 36 heavy (non-hydrogen) atoms. The first kappa shape index (κ1) is 24.0. The summed E-state index contributed by atoms with van der Waals surface area (Å²) in [7, 11) is 1.69. The van der Waals surface area contributed by atoms with Gasteiger partial charge < -0.3 is 20.1 Å². The number of likely N-dealkylation sites (tertiary alicyclic amines) is 1. The Bertz CT molecular complexity index is 1210. The predicted molar refractivity (Wildman–Crippen MR) is 140 cm³/mol. The van der Waals surface area contributed by atoms with Gasteiger partial charge in [0.25, 0.3) is 5.91 Å². The van der Waals surface area contributed by atoms with Gasteiger partial charge in [0.05, 0.1) is 30.0 Å². The van der Waals surface area contributed by atoms with Crippen LogP contribution in [0.5, 0.6) is 5.75 Å². The van der Waals surface area contributed by atoms with Crippen molar-refractivity contribution in [1.29, 1.82) is 0 Å². The van der Waals surface area contributed by atoms with Crippen molar-refractivity contribution in [3.63, 3.8) is 0 Å². The minimum Gasteiger partial charge on any atom is -0.490 e. The molecular formula is C29H31N3O4. The monoisotopic (exact) mass is 485 g/mol. The van der Waals surface area contributed by atoms with Gasteiger partial charge >= 0.3 is 0 Å². The van der Waals surface area contributed by atoms with E-state index in [1.165, 1.54) is 0 Å². The van der Waals surface area contributed by atoms with Crippen molar-refractivity contribution in [1.82, 2.24) is 4.90 Å². The third-order valence-electron chi connectivity index (χ3n) is 6.52. The van der Waals surface area contributed by atoms with Crippen molar-refractivity contribution in [2.45, 2.75) is 31.5 Å². The van der Waals surface area contributed by atoms with Crippen LogP contribution >= 0.6 is 0 Å². The molecular weight excluding hydrogens is 454 g/mol. The highest BCUT2D eigenvalue weighted by Crippen LogP contribution is 2.30. The lowest BCUT2D eigenvalue weighted by molar-refractivity contribution is -0.117. The van der Waals surface area contributed by atoms with Crippen LogP contribution in [0.25, 0.3) is 11.1 Å². The number of ether oxygens (including phenoxy) is 2. The van der Waals surface area contributed by atoms with Crippen LogP contribution in [-0.2, 0) is 9.53 Å². The maximum absolute atomic E-state index is 13.2. The van der Waals surface area contributed by atoms with E-state index in [2.05, 4.69) is 15.5 Å². The molecule has 3 aromatic rings. The average molecular weight is 486 g/mol. The molecule has 1 aliphatic heterocycles. The van der Waals surface area contributed by atoms with Crippen molar-refractivity contribution < 1.29 is 19.1 Å². The molecule has 1 unspecified atom stereocenters. The number of carbonyl (C=O) groups is 2. The Morgan fingerprint density at radius 2 is 1.64 bits per heavy atom. The largest absolute Gasteiger partial charge is 0.490 e. The van der Waals surface area contributed by atoms with E-state index in [-0.39, 0.29) is 30.6 Å². The molecule has 2 fully saturated rings. The van der Waals surface area contributed by atoms with Gasteiger partial charge in [0.15, 0.2) is 0 Å². The second kappa shape index (κ2) is 10.9. The number of hydrogen-bond acceptors (Lipinski definition) is 5. The highest BCUT2D eigenvalue weighted by Gasteiger charge is 2.26. The molecule has 1 atom stereocenters. The highest BCUT2D eigenvalue weighted by molar-refractivity contribution is 6.10. The zero-order valence-corrected chi connectivity index (χ0v) is 20.4. The van der Waals surface area contributed by atoms with Crippen molar-refractivity contribution in [2.24, 2.45) is 0 Å². The van der Waals surface area contributed by atoms with E-state index in [9.17, 15) is 9.59 Å². The van der Waals surface area contributed by atoms with Crippen LogP contribution in [0.15, 0.2) is 72.8 Å². The molecule has 1 saturated carbocycles. The summed E-state index contributed by atoms with van der Waals surface area (Å²) in [5, 5.41) is 5.89. The van der Waals surface area contributed by atoms with E-state index in [4.69, 9.17) is 9.47 Å². The fraction of sp³-hybridized carbons (Fsp3) is 0.310. The van der Waals surface area contributed by atoms with Crippen molar-refractivity contribution in [3.8, 4) is 16.9 Å². The van der Waals surface area contributed by atoms with Crippen molar-refractivity contribution in [2.75, 3.05) is 37.4 Å². The number of amides is 2. The van der Waals surface area contributed by atoms with Gasteiger partial charge in [0.2, 0.25) is 5.91 Å². The van der Waals surface area contributed by atoms with E-state index in [1.807, 2.05) is 54.6 Å². The van der Waals surface area contributed by atoms with Gasteiger partial charge in [0.1, 0.15) is 5.75 Å². The summed E-state index contributed by atoms with van der Waals surface area (Å²) in [4.78, 5) is 28.1. The second-order valence-corrected chi connectivity index (χ2v) is 9.35. The molecule has 0 radical (unpaired) electrons. The van der Waals surface area contributed by atoms with Gasteiger partial charge in [-0.2, -0.15) is 0 Å².